The van der Waals surface area contributed by atoms with Gasteiger partial charge in [0.2, 0.25) is 0 Å². The largest absolute Gasteiger partial charge is 0.316 e. The van der Waals surface area contributed by atoms with Crippen molar-refractivity contribution in [3.05, 3.63) is 0 Å². The van der Waals surface area contributed by atoms with E-state index in [1.165, 1.54) is 0 Å². The van der Waals surface area contributed by atoms with Crippen molar-refractivity contribution in [2.75, 3.05) is 24.6 Å². The second-order valence-corrected chi connectivity index (χ2v) is 7.55. The zero-order valence-electron chi connectivity index (χ0n) is 11.2. The lowest BCUT2D eigenvalue weighted by Crippen LogP contribution is -2.31. The van der Waals surface area contributed by atoms with Gasteiger partial charge in [-0.2, -0.15) is 0 Å². The Hall–Kier alpha value is -0.0900. The number of sulfone groups is 1. The number of hydrogen-bond donors (Lipinski definition) is 1. The van der Waals surface area contributed by atoms with E-state index in [1.54, 1.807) is 0 Å². The molecular weight excluding hydrogens is 222 g/mol. The molecule has 0 aliphatic carbocycles. The minimum Gasteiger partial charge on any atom is -0.316 e. The molecule has 0 unspecified atom stereocenters. The average molecular weight is 249 g/mol. The monoisotopic (exact) mass is 249 g/mol. The summed E-state index contributed by atoms with van der Waals surface area (Å²) in [4.78, 5) is 0. The summed E-state index contributed by atoms with van der Waals surface area (Å²) < 4.78 is 23.2. The maximum Gasteiger partial charge on any atom is 0.150 e. The second kappa shape index (κ2) is 7.28. The highest BCUT2D eigenvalue weighted by Crippen LogP contribution is 2.20. The molecule has 0 saturated heterocycles. The number of hydrogen-bond acceptors (Lipinski definition) is 3. The van der Waals surface area contributed by atoms with Crippen molar-refractivity contribution in [2.45, 2.75) is 47.0 Å². The van der Waals surface area contributed by atoms with Gasteiger partial charge in [-0.25, -0.2) is 8.42 Å². The van der Waals surface area contributed by atoms with Crippen LogP contribution in [0.1, 0.15) is 47.0 Å². The lowest BCUT2D eigenvalue weighted by Gasteiger charge is -2.24. The molecule has 0 heterocycles. The van der Waals surface area contributed by atoms with Gasteiger partial charge in [-0.15, -0.1) is 0 Å². The van der Waals surface area contributed by atoms with Crippen molar-refractivity contribution < 1.29 is 8.42 Å². The molecule has 0 spiro atoms. The van der Waals surface area contributed by atoms with Gasteiger partial charge in [0, 0.05) is 12.3 Å². The summed E-state index contributed by atoms with van der Waals surface area (Å²) in [7, 11) is -2.82. The minimum absolute atomic E-state index is 0.0655. The van der Waals surface area contributed by atoms with Crippen molar-refractivity contribution in [1.29, 1.82) is 0 Å². The van der Waals surface area contributed by atoms with E-state index in [9.17, 15) is 8.42 Å². The van der Waals surface area contributed by atoms with E-state index >= 15 is 0 Å². The fourth-order valence-corrected chi connectivity index (χ4v) is 3.23. The predicted molar refractivity (Wildman–Crippen MR) is 70.5 cm³/mol. The molecule has 0 aliphatic rings. The Kier molecular flexibility index (Phi) is 7.24. The third kappa shape index (κ3) is 8.11. The first kappa shape index (κ1) is 15.9. The predicted octanol–water partition coefficient (Wildman–Crippen LogP) is 2.23. The molecule has 0 aromatic heterocycles. The van der Waals surface area contributed by atoms with Crippen molar-refractivity contribution in [1.82, 2.24) is 5.32 Å². The lowest BCUT2D eigenvalue weighted by atomic mass is 9.90. The SMILES string of the molecule is CCCNCC(C)(C)CCS(=O)(=O)CCC. The Morgan fingerprint density at radius 1 is 1.06 bits per heavy atom. The molecule has 0 aromatic carbocycles. The first-order valence-electron chi connectivity index (χ1n) is 6.24. The van der Waals surface area contributed by atoms with Gasteiger partial charge >= 0.3 is 0 Å². The topological polar surface area (TPSA) is 46.2 Å². The normalized spacial score (nSPS) is 13.0. The second-order valence-electron chi connectivity index (χ2n) is 5.24. The van der Waals surface area contributed by atoms with E-state index in [4.69, 9.17) is 0 Å². The summed E-state index contributed by atoms with van der Waals surface area (Å²) >= 11 is 0. The molecule has 0 bridgehead atoms. The highest BCUT2D eigenvalue weighted by Gasteiger charge is 2.20. The Balaban J connectivity index is 3.97. The van der Waals surface area contributed by atoms with E-state index in [-0.39, 0.29) is 5.41 Å². The fraction of sp³-hybridized carbons (Fsp3) is 1.00. The lowest BCUT2D eigenvalue weighted by molar-refractivity contribution is 0.329. The molecule has 3 nitrogen and oxygen atoms in total. The van der Waals surface area contributed by atoms with Gasteiger partial charge in [0.25, 0.3) is 0 Å². The molecule has 0 aromatic rings. The summed E-state index contributed by atoms with van der Waals surface area (Å²) in [5.74, 6) is 0.646. The van der Waals surface area contributed by atoms with Crippen LogP contribution in [0.15, 0.2) is 0 Å². The maximum absolute atomic E-state index is 11.6. The zero-order chi connectivity index (χ0) is 12.7. The smallest absolute Gasteiger partial charge is 0.150 e. The van der Waals surface area contributed by atoms with Crippen molar-refractivity contribution in [2.24, 2.45) is 5.41 Å². The molecule has 0 radical (unpaired) electrons. The summed E-state index contributed by atoms with van der Waals surface area (Å²) in [5, 5.41) is 3.35. The van der Waals surface area contributed by atoms with Crippen LogP contribution < -0.4 is 5.32 Å². The molecule has 0 fully saturated rings. The molecule has 0 saturated carbocycles. The zero-order valence-corrected chi connectivity index (χ0v) is 12.0. The third-order valence-corrected chi connectivity index (χ3v) is 4.49. The van der Waals surface area contributed by atoms with Gasteiger partial charge in [-0.05, 0) is 31.2 Å². The summed E-state index contributed by atoms with van der Waals surface area (Å²) in [6.45, 7) is 10.2. The summed E-state index contributed by atoms with van der Waals surface area (Å²) in [6.07, 6.45) is 2.58. The Bertz CT molecular complexity index is 271. The fourth-order valence-electron chi connectivity index (χ4n) is 1.54. The molecule has 1 N–H and O–H groups in total. The van der Waals surface area contributed by atoms with Gasteiger partial charge in [-0.1, -0.05) is 27.7 Å². The van der Waals surface area contributed by atoms with Crippen LogP contribution in [0.25, 0.3) is 0 Å². The van der Waals surface area contributed by atoms with E-state index in [2.05, 4.69) is 26.1 Å². The Morgan fingerprint density at radius 3 is 2.19 bits per heavy atom. The van der Waals surface area contributed by atoms with E-state index in [0.717, 1.165) is 32.4 Å². The standard InChI is InChI=1S/C12H27NO2S/c1-5-8-13-11-12(3,4)7-10-16(14,15)9-6-2/h13H,5-11H2,1-4H3. The van der Waals surface area contributed by atoms with Gasteiger partial charge < -0.3 is 5.32 Å². The summed E-state index contributed by atoms with van der Waals surface area (Å²) in [5.41, 5.74) is 0.0655. The minimum atomic E-state index is -2.82. The molecule has 16 heavy (non-hydrogen) atoms. The average Bonchev–Trinajstić information content (AvgIpc) is 2.16. The van der Waals surface area contributed by atoms with Crippen molar-refractivity contribution in [3.8, 4) is 0 Å². The first-order valence-corrected chi connectivity index (χ1v) is 8.06. The van der Waals surface area contributed by atoms with Crippen LogP contribution in [0, 0.1) is 5.41 Å². The van der Waals surface area contributed by atoms with Crippen molar-refractivity contribution in [3.63, 3.8) is 0 Å². The Morgan fingerprint density at radius 2 is 1.69 bits per heavy atom. The molecule has 0 aliphatic heterocycles. The Labute approximate surface area is 101 Å². The van der Waals surface area contributed by atoms with Crippen molar-refractivity contribution >= 4 is 9.84 Å². The van der Waals surface area contributed by atoms with E-state index < -0.39 is 9.84 Å². The highest BCUT2D eigenvalue weighted by molar-refractivity contribution is 7.91. The number of rotatable bonds is 9. The van der Waals surface area contributed by atoms with Gasteiger partial charge in [0.15, 0.2) is 0 Å². The quantitative estimate of drug-likeness (QED) is 0.637. The third-order valence-electron chi connectivity index (χ3n) is 2.64. The van der Waals surface area contributed by atoms with Crippen LogP contribution in [0.2, 0.25) is 0 Å². The molecule has 98 valence electrons. The maximum atomic E-state index is 11.6. The summed E-state index contributed by atoms with van der Waals surface area (Å²) in [6, 6.07) is 0. The van der Waals surface area contributed by atoms with Crippen LogP contribution in [-0.4, -0.2) is 33.0 Å². The molecule has 0 amide bonds. The first-order chi connectivity index (χ1) is 7.33. The van der Waals surface area contributed by atoms with E-state index in [1.807, 2.05) is 6.92 Å². The van der Waals surface area contributed by atoms with Crippen LogP contribution in [-0.2, 0) is 9.84 Å². The van der Waals surface area contributed by atoms with Gasteiger partial charge in [0.1, 0.15) is 9.84 Å². The number of nitrogens with one attached hydrogen (secondary N) is 1. The molecule has 0 atom stereocenters. The van der Waals surface area contributed by atoms with Crippen LogP contribution >= 0.6 is 0 Å². The van der Waals surface area contributed by atoms with Crippen LogP contribution in [0.4, 0.5) is 0 Å². The molecule has 4 heteroatoms. The van der Waals surface area contributed by atoms with Gasteiger partial charge in [-0.3, -0.25) is 0 Å². The van der Waals surface area contributed by atoms with Crippen LogP contribution in [0.5, 0.6) is 0 Å². The van der Waals surface area contributed by atoms with Gasteiger partial charge in [0.05, 0.1) is 5.75 Å². The molecule has 0 rings (SSSR count). The van der Waals surface area contributed by atoms with E-state index in [0.29, 0.717) is 11.5 Å². The highest BCUT2D eigenvalue weighted by atomic mass is 32.2. The van der Waals surface area contributed by atoms with Crippen LogP contribution in [0.3, 0.4) is 0 Å². The molecular formula is C12H27NO2S.